The van der Waals surface area contributed by atoms with Crippen molar-refractivity contribution in [3.05, 3.63) is 0 Å². The Kier molecular flexibility index (Phi) is 3.94. The minimum Gasteiger partial charge on any atom is -0.369 e. The van der Waals surface area contributed by atoms with Gasteiger partial charge in [0.05, 0.1) is 5.92 Å². The van der Waals surface area contributed by atoms with E-state index in [0.29, 0.717) is 13.0 Å². The molecule has 1 aliphatic heterocycles. The number of hydrogen-bond acceptors (Lipinski definition) is 2. The van der Waals surface area contributed by atoms with Crippen molar-refractivity contribution < 1.29 is 9.59 Å². The maximum absolute atomic E-state index is 12.0. The normalized spacial score (nSPS) is 21.9. The van der Waals surface area contributed by atoms with Gasteiger partial charge in [0, 0.05) is 19.5 Å². The van der Waals surface area contributed by atoms with E-state index in [2.05, 4.69) is 0 Å². The van der Waals surface area contributed by atoms with Gasteiger partial charge < -0.3 is 10.6 Å². The summed E-state index contributed by atoms with van der Waals surface area (Å²) in [6, 6.07) is 0. The zero-order valence-corrected chi connectivity index (χ0v) is 10.5. The SMILES string of the molecule is CC(C)(C)CC(=O)N1CCCC(C(N)=O)C1. The Balaban J connectivity index is 2.54. The Morgan fingerprint density at radius 2 is 2.00 bits per heavy atom. The molecule has 1 unspecified atom stereocenters. The molecule has 0 radical (unpaired) electrons. The number of nitrogens with two attached hydrogens (primary N) is 1. The summed E-state index contributed by atoms with van der Waals surface area (Å²) < 4.78 is 0. The van der Waals surface area contributed by atoms with Crippen molar-refractivity contribution in [2.75, 3.05) is 13.1 Å². The predicted molar refractivity (Wildman–Crippen MR) is 62.6 cm³/mol. The monoisotopic (exact) mass is 226 g/mol. The summed E-state index contributed by atoms with van der Waals surface area (Å²) in [6.45, 7) is 7.39. The van der Waals surface area contributed by atoms with Crippen molar-refractivity contribution in [2.45, 2.75) is 40.0 Å². The highest BCUT2D eigenvalue weighted by Gasteiger charge is 2.28. The van der Waals surface area contributed by atoms with Gasteiger partial charge in [-0.1, -0.05) is 20.8 Å². The van der Waals surface area contributed by atoms with Gasteiger partial charge in [-0.25, -0.2) is 0 Å². The quantitative estimate of drug-likeness (QED) is 0.767. The number of rotatable bonds is 2. The topological polar surface area (TPSA) is 63.4 Å². The summed E-state index contributed by atoms with van der Waals surface area (Å²) >= 11 is 0. The van der Waals surface area contributed by atoms with Crippen LogP contribution in [0.5, 0.6) is 0 Å². The van der Waals surface area contributed by atoms with Gasteiger partial charge in [-0.2, -0.15) is 0 Å². The van der Waals surface area contributed by atoms with Crippen LogP contribution in [0.15, 0.2) is 0 Å². The van der Waals surface area contributed by atoms with Gasteiger partial charge in [0.25, 0.3) is 0 Å². The van der Waals surface area contributed by atoms with Crippen LogP contribution in [-0.4, -0.2) is 29.8 Å². The van der Waals surface area contributed by atoms with Crippen molar-refractivity contribution in [3.8, 4) is 0 Å². The minimum absolute atomic E-state index is 0.00322. The first kappa shape index (κ1) is 13.0. The maximum atomic E-state index is 12.0. The summed E-state index contributed by atoms with van der Waals surface area (Å²) in [7, 11) is 0. The van der Waals surface area contributed by atoms with Gasteiger partial charge >= 0.3 is 0 Å². The Labute approximate surface area is 97.2 Å². The number of piperidine rings is 1. The van der Waals surface area contributed by atoms with Gasteiger partial charge in [-0.15, -0.1) is 0 Å². The second-order valence-corrected chi connectivity index (χ2v) is 5.82. The van der Waals surface area contributed by atoms with Crippen molar-refractivity contribution in [2.24, 2.45) is 17.1 Å². The van der Waals surface area contributed by atoms with Crippen LogP contribution >= 0.6 is 0 Å². The van der Waals surface area contributed by atoms with E-state index in [1.165, 1.54) is 0 Å². The molecule has 0 aromatic rings. The second kappa shape index (κ2) is 4.85. The number of likely N-dealkylation sites (tertiary alicyclic amines) is 1. The smallest absolute Gasteiger partial charge is 0.223 e. The van der Waals surface area contributed by atoms with Gasteiger partial charge in [-0.3, -0.25) is 9.59 Å². The summed E-state index contributed by atoms with van der Waals surface area (Å²) in [5.74, 6) is -0.302. The number of carbonyl (C=O) groups is 2. The molecule has 0 bridgehead atoms. The molecule has 0 spiro atoms. The van der Waals surface area contributed by atoms with Gasteiger partial charge in [-0.05, 0) is 18.3 Å². The Bertz CT molecular complexity index is 281. The highest BCUT2D eigenvalue weighted by atomic mass is 16.2. The van der Waals surface area contributed by atoms with Crippen LogP contribution in [0.1, 0.15) is 40.0 Å². The molecule has 1 heterocycles. The van der Waals surface area contributed by atoms with Crippen LogP contribution in [0.25, 0.3) is 0 Å². The zero-order valence-electron chi connectivity index (χ0n) is 10.5. The minimum atomic E-state index is -0.284. The number of primary amides is 1. The average Bonchev–Trinajstić information content (AvgIpc) is 2.15. The third kappa shape index (κ3) is 3.83. The molecule has 4 nitrogen and oxygen atoms in total. The van der Waals surface area contributed by atoms with E-state index in [0.717, 1.165) is 19.4 Å². The Morgan fingerprint density at radius 3 is 2.50 bits per heavy atom. The van der Waals surface area contributed by atoms with Crippen molar-refractivity contribution in [1.29, 1.82) is 0 Å². The number of amides is 2. The fourth-order valence-electron chi connectivity index (χ4n) is 2.00. The van der Waals surface area contributed by atoms with E-state index < -0.39 is 0 Å². The molecule has 2 N–H and O–H groups in total. The molecule has 0 aromatic heterocycles. The first-order chi connectivity index (χ1) is 7.29. The number of nitrogens with zero attached hydrogens (tertiary/aromatic N) is 1. The average molecular weight is 226 g/mol. The Hall–Kier alpha value is -1.06. The molecule has 1 aliphatic rings. The van der Waals surface area contributed by atoms with Gasteiger partial charge in [0.1, 0.15) is 0 Å². The van der Waals surface area contributed by atoms with Crippen LogP contribution < -0.4 is 5.73 Å². The molecular weight excluding hydrogens is 204 g/mol. The standard InChI is InChI=1S/C12H22N2O2/c1-12(2,3)7-10(15)14-6-4-5-9(8-14)11(13)16/h9H,4-8H2,1-3H3,(H2,13,16). The highest BCUT2D eigenvalue weighted by molar-refractivity contribution is 5.80. The summed E-state index contributed by atoms with van der Waals surface area (Å²) in [5, 5.41) is 0. The second-order valence-electron chi connectivity index (χ2n) is 5.82. The molecule has 4 heteroatoms. The molecule has 92 valence electrons. The maximum Gasteiger partial charge on any atom is 0.223 e. The Morgan fingerprint density at radius 1 is 1.38 bits per heavy atom. The fraction of sp³-hybridized carbons (Fsp3) is 0.833. The summed E-state index contributed by atoms with van der Waals surface area (Å²) in [4.78, 5) is 24.8. The predicted octanol–water partition coefficient (Wildman–Crippen LogP) is 1.15. The molecule has 1 atom stereocenters. The lowest BCUT2D eigenvalue weighted by Crippen LogP contribution is -2.44. The van der Waals surface area contributed by atoms with E-state index in [1.54, 1.807) is 4.90 Å². The third-order valence-electron chi connectivity index (χ3n) is 2.86. The van der Waals surface area contributed by atoms with Crippen LogP contribution in [0.2, 0.25) is 0 Å². The molecule has 1 fully saturated rings. The first-order valence-electron chi connectivity index (χ1n) is 5.87. The lowest BCUT2D eigenvalue weighted by molar-refractivity contribution is -0.136. The first-order valence-corrected chi connectivity index (χ1v) is 5.87. The lowest BCUT2D eigenvalue weighted by atomic mass is 9.90. The summed E-state index contributed by atoms with van der Waals surface area (Å²) in [5.41, 5.74) is 5.28. The van der Waals surface area contributed by atoms with E-state index in [-0.39, 0.29) is 23.1 Å². The van der Waals surface area contributed by atoms with Gasteiger partial charge in [0.2, 0.25) is 11.8 Å². The van der Waals surface area contributed by atoms with Crippen LogP contribution in [0.3, 0.4) is 0 Å². The number of hydrogen-bond donors (Lipinski definition) is 1. The van der Waals surface area contributed by atoms with Crippen molar-refractivity contribution in [1.82, 2.24) is 4.90 Å². The van der Waals surface area contributed by atoms with Crippen LogP contribution in [0, 0.1) is 11.3 Å². The molecule has 16 heavy (non-hydrogen) atoms. The highest BCUT2D eigenvalue weighted by Crippen LogP contribution is 2.23. The van der Waals surface area contributed by atoms with E-state index in [1.807, 2.05) is 20.8 Å². The van der Waals surface area contributed by atoms with Crippen molar-refractivity contribution in [3.63, 3.8) is 0 Å². The number of carbonyl (C=O) groups excluding carboxylic acids is 2. The molecule has 0 aromatic carbocycles. The third-order valence-corrected chi connectivity index (χ3v) is 2.86. The van der Waals surface area contributed by atoms with E-state index in [4.69, 9.17) is 5.73 Å². The lowest BCUT2D eigenvalue weighted by Gasteiger charge is -2.33. The molecule has 0 saturated carbocycles. The largest absolute Gasteiger partial charge is 0.369 e. The van der Waals surface area contributed by atoms with E-state index >= 15 is 0 Å². The van der Waals surface area contributed by atoms with Crippen molar-refractivity contribution >= 4 is 11.8 Å². The molecule has 1 saturated heterocycles. The molecule has 2 amide bonds. The molecular formula is C12H22N2O2. The van der Waals surface area contributed by atoms with Gasteiger partial charge in [0.15, 0.2) is 0 Å². The van der Waals surface area contributed by atoms with Crippen LogP contribution in [0.4, 0.5) is 0 Å². The molecule has 0 aliphatic carbocycles. The fourth-order valence-corrected chi connectivity index (χ4v) is 2.00. The zero-order chi connectivity index (χ0) is 12.3. The van der Waals surface area contributed by atoms with E-state index in [9.17, 15) is 9.59 Å². The summed E-state index contributed by atoms with van der Waals surface area (Å²) in [6.07, 6.45) is 2.22. The van der Waals surface area contributed by atoms with Crippen LogP contribution in [-0.2, 0) is 9.59 Å². The molecule has 1 rings (SSSR count).